The fourth-order valence-electron chi connectivity index (χ4n) is 23.6. The number of rotatable bonds is 9. The third-order valence-corrected chi connectivity index (χ3v) is 30.7. The monoisotopic (exact) mass is 1800 g/mol. The van der Waals surface area contributed by atoms with Crippen molar-refractivity contribution in [2.45, 2.75) is 57.8 Å². The lowest BCUT2D eigenvalue weighted by molar-refractivity contribution is 0.415. The number of ether oxygens (including phenoxy) is 1. The summed E-state index contributed by atoms with van der Waals surface area (Å²) in [4.78, 5) is 0. The largest absolute Gasteiger partial charge is 0.497 e. The van der Waals surface area contributed by atoms with Gasteiger partial charge in [-0.15, -0.1) is 0 Å². The second-order valence-corrected chi connectivity index (χ2v) is 39.7. The predicted molar refractivity (Wildman–Crippen MR) is 597 cm³/mol. The Morgan fingerprint density at radius 2 is 0.447 bits per heavy atom. The first-order chi connectivity index (χ1) is 69.1. The highest BCUT2D eigenvalue weighted by Crippen LogP contribution is 2.57. The van der Waals surface area contributed by atoms with Gasteiger partial charge in [0.05, 0.1) is 18.7 Å². The quantitative estimate of drug-likeness (QED) is 0.107. The van der Waals surface area contributed by atoms with Gasteiger partial charge in [0.1, 0.15) is 5.75 Å². The Kier molecular flexibility index (Phi) is 20.5. The van der Waals surface area contributed by atoms with E-state index in [1.165, 1.54) is 247 Å². The first kappa shape index (κ1) is 85.2. The summed E-state index contributed by atoms with van der Waals surface area (Å²) in [6.07, 6.45) is 0. The van der Waals surface area contributed by atoms with Crippen molar-refractivity contribution >= 4 is 97.0 Å². The van der Waals surface area contributed by atoms with Gasteiger partial charge in [-0.25, -0.2) is 0 Å². The first-order valence-electron chi connectivity index (χ1n) is 49.0. The van der Waals surface area contributed by atoms with Crippen molar-refractivity contribution in [3.05, 3.63) is 511 Å². The van der Waals surface area contributed by atoms with E-state index in [1.54, 1.807) is 7.11 Å². The molecular formula is C139H97NO. The van der Waals surface area contributed by atoms with Gasteiger partial charge >= 0.3 is 0 Å². The maximum absolute atomic E-state index is 9.52. The fourth-order valence-corrected chi connectivity index (χ4v) is 23.6. The highest BCUT2D eigenvalue weighted by atomic mass is 16.5. The maximum Gasteiger partial charge on any atom is 0.118 e. The van der Waals surface area contributed by atoms with Gasteiger partial charge in [0.15, 0.2) is 0 Å². The van der Waals surface area contributed by atoms with Gasteiger partial charge in [0.25, 0.3) is 0 Å². The Balaban J connectivity index is 0.000000111. The molecule has 0 radical (unpaired) electrons. The maximum atomic E-state index is 9.52. The van der Waals surface area contributed by atoms with Crippen LogP contribution in [0.25, 0.3) is 219 Å². The fraction of sp³-hybridized carbons (Fsp3) is 0.0719. The SMILES string of the molecule is CC1(C)c2ccccc2-c2ccc(-c3c4ccccc4c(-c4ccc(C#N)cc4)c4ccc(-c5ccc6ccccc6c5)cc34)cc21.CC1(C)c2ccccc2-c2ccc(-c3c4ccccc4c(C#Cc4ccccc4)c4ccc(-c5ccc6ccccc6c5)cc34)cc21.COc1ccc(-c2c3ccccc3c(-c3ccc4c(c3)C(C)(C)c3ccccc3-4)c3cc(-c4ccc5ccccc5c4)ccc23)cc1. The molecule has 0 atom stereocenters. The summed E-state index contributed by atoms with van der Waals surface area (Å²) >= 11 is 0. The molecule has 0 amide bonds. The third-order valence-electron chi connectivity index (χ3n) is 30.7. The predicted octanol–water partition coefficient (Wildman–Crippen LogP) is 37.0. The Hall–Kier alpha value is -17.5. The van der Waals surface area contributed by atoms with Crippen LogP contribution in [0.15, 0.2) is 461 Å². The molecule has 0 aliphatic heterocycles. The highest BCUT2D eigenvalue weighted by molar-refractivity contribution is 6.25. The van der Waals surface area contributed by atoms with Crippen LogP contribution in [-0.4, -0.2) is 7.11 Å². The standard InChI is InChI=1S/C47H32.C46H31N.C46H34O/c1-47(2)44-19-11-10-17-40(44)41-27-24-36(30-45(41)47)46-42-18-9-8-16-37(42)38(25-20-31-12-4-3-5-13-31)39-26-23-35(29-43(39)46)34-22-21-32-14-6-7-15-33(32)28-34;1-46(2)42-14-8-7-11-36(42)37-23-22-35(27-43(37)46)45-39-13-6-5-12-38(39)44(31-17-15-29(28-47)16-18-31)40-24-21-34(26-41(40)45)33-20-19-30-9-3-4-10-32(30)25-33;1-46(2)42-15-9-8-12-36(42)37-24-21-34(28-43(37)46)45-39-14-7-6-13-38(39)44(30-18-22-35(47-3)23-19-30)40-25-20-33(27-41(40)45)32-17-16-29-10-4-5-11-31(29)26-32/h3-19,21-24,26-30H,1-2H3;3-27H,1-2H3;4-28H,1-3H3. The zero-order valence-electron chi connectivity index (χ0n) is 79.7. The molecule has 0 bridgehead atoms. The van der Waals surface area contributed by atoms with E-state index in [4.69, 9.17) is 4.74 Å². The van der Waals surface area contributed by atoms with Gasteiger partial charge in [0, 0.05) is 27.4 Å². The normalized spacial score (nSPS) is 13.0. The van der Waals surface area contributed by atoms with Crippen molar-refractivity contribution < 1.29 is 4.74 Å². The Morgan fingerprint density at radius 1 is 0.184 bits per heavy atom. The lowest BCUT2D eigenvalue weighted by Gasteiger charge is -2.23. The number of methoxy groups -OCH3 is 1. The zero-order chi connectivity index (χ0) is 94.9. The van der Waals surface area contributed by atoms with E-state index in [2.05, 4.69) is 490 Å². The summed E-state index contributed by atoms with van der Waals surface area (Å²) in [6, 6.07) is 171. The molecule has 0 heterocycles. The summed E-state index contributed by atoms with van der Waals surface area (Å²) in [5.74, 6) is 7.96. The molecule has 2 nitrogen and oxygen atoms in total. The number of nitriles is 1. The highest BCUT2D eigenvalue weighted by Gasteiger charge is 2.39. The Bertz CT molecular complexity index is 9430. The van der Waals surface area contributed by atoms with Crippen molar-refractivity contribution in [1.82, 2.24) is 0 Å². The number of fused-ring (bicyclic) bond motifs is 18. The molecule has 27 rings (SSSR count). The minimum Gasteiger partial charge on any atom is -0.497 e. The molecule has 24 aromatic rings. The van der Waals surface area contributed by atoms with Crippen LogP contribution in [0.4, 0.5) is 0 Å². The molecule has 141 heavy (non-hydrogen) atoms. The van der Waals surface area contributed by atoms with Crippen LogP contribution >= 0.6 is 0 Å². The summed E-state index contributed by atoms with van der Waals surface area (Å²) in [5.41, 5.74) is 38.4. The van der Waals surface area contributed by atoms with Gasteiger partial charge in [-0.3, -0.25) is 0 Å². The molecule has 24 aromatic carbocycles. The van der Waals surface area contributed by atoms with Crippen molar-refractivity contribution in [3.8, 4) is 146 Å². The van der Waals surface area contributed by atoms with Gasteiger partial charge in [-0.2, -0.15) is 5.26 Å². The van der Waals surface area contributed by atoms with Crippen LogP contribution in [0, 0.1) is 23.2 Å². The molecule has 0 aromatic heterocycles. The van der Waals surface area contributed by atoms with Crippen molar-refractivity contribution in [3.63, 3.8) is 0 Å². The molecular weight excluding hydrogens is 1700 g/mol. The van der Waals surface area contributed by atoms with Crippen molar-refractivity contribution in [1.29, 1.82) is 5.26 Å². The average Bonchev–Trinajstić information content (AvgIpc) is 1.71. The van der Waals surface area contributed by atoms with Crippen LogP contribution in [0.5, 0.6) is 5.75 Å². The van der Waals surface area contributed by atoms with Gasteiger partial charge in [0.2, 0.25) is 0 Å². The molecule has 0 spiro atoms. The average molecular weight is 1800 g/mol. The van der Waals surface area contributed by atoms with E-state index >= 15 is 0 Å². The van der Waals surface area contributed by atoms with Crippen LogP contribution in [0.3, 0.4) is 0 Å². The second kappa shape index (κ2) is 34.0. The van der Waals surface area contributed by atoms with Gasteiger partial charge in [-0.1, -0.05) is 423 Å². The third kappa shape index (κ3) is 14.4. The molecule has 3 aliphatic carbocycles. The zero-order valence-corrected chi connectivity index (χ0v) is 79.7. The van der Waals surface area contributed by atoms with E-state index in [0.29, 0.717) is 5.56 Å². The minimum absolute atomic E-state index is 0.0766. The molecule has 664 valence electrons. The summed E-state index contributed by atoms with van der Waals surface area (Å²) in [5, 5.41) is 31.7. The van der Waals surface area contributed by atoms with E-state index in [-0.39, 0.29) is 16.2 Å². The topological polar surface area (TPSA) is 33.0 Å². The van der Waals surface area contributed by atoms with Crippen molar-refractivity contribution in [2.24, 2.45) is 0 Å². The van der Waals surface area contributed by atoms with Crippen LogP contribution in [-0.2, 0) is 16.2 Å². The van der Waals surface area contributed by atoms with Crippen LogP contribution < -0.4 is 4.74 Å². The second-order valence-electron chi connectivity index (χ2n) is 39.7. The molecule has 0 N–H and O–H groups in total. The van der Waals surface area contributed by atoms with E-state index < -0.39 is 0 Å². The summed E-state index contributed by atoms with van der Waals surface area (Å²) < 4.78 is 5.53. The molecule has 0 fully saturated rings. The summed E-state index contributed by atoms with van der Waals surface area (Å²) in [6.45, 7) is 14.1. The van der Waals surface area contributed by atoms with E-state index in [9.17, 15) is 5.26 Å². The van der Waals surface area contributed by atoms with Crippen molar-refractivity contribution in [2.75, 3.05) is 7.11 Å². The number of hydrogen-bond donors (Lipinski definition) is 0. The van der Waals surface area contributed by atoms with Crippen LogP contribution in [0.1, 0.15) is 91.6 Å². The van der Waals surface area contributed by atoms with Gasteiger partial charge in [-0.05, 0) is 344 Å². The van der Waals surface area contributed by atoms with Crippen LogP contribution in [0.2, 0.25) is 0 Å². The number of nitrogens with zero attached hydrogens (tertiary/aromatic N) is 1. The van der Waals surface area contributed by atoms with E-state index in [1.807, 2.05) is 30.3 Å². The number of hydrogen-bond acceptors (Lipinski definition) is 2. The molecule has 0 saturated heterocycles. The van der Waals surface area contributed by atoms with E-state index in [0.717, 1.165) is 22.4 Å². The molecule has 2 heteroatoms. The first-order valence-corrected chi connectivity index (χ1v) is 49.0. The minimum atomic E-state index is -0.0910. The lowest BCUT2D eigenvalue weighted by atomic mass is 9.80. The number of benzene rings is 24. The molecule has 0 saturated carbocycles. The summed E-state index contributed by atoms with van der Waals surface area (Å²) in [7, 11) is 1.72. The molecule has 3 aliphatic rings. The smallest absolute Gasteiger partial charge is 0.118 e. The van der Waals surface area contributed by atoms with Gasteiger partial charge < -0.3 is 4.74 Å². The Morgan fingerprint density at radius 3 is 0.823 bits per heavy atom. The Labute approximate surface area is 823 Å². The lowest BCUT2D eigenvalue weighted by Crippen LogP contribution is -2.14. The molecule has 0 unspecified atom stereocenters.